The number of rotatable bonds is 2. The average molecular weight is 203 g/mol. The summed E-state index contributed by atoms with van der Waals surface area (Å²) in [5.74, 6) is -0.838. The maximum Gasteiger partial charge on any atom is 0.401 e. The molecule has 5 heteroatoms. The molecule has 2 rings (SSSR count). The highest BCUT2D eigenvalue weighted by Gasteiger charge is 2.68. The number of carbonyl (C=O) groups excluding carboxylic acids is 1. The van der Waals surface area contributed by atoms with Crippen LogP contribution in [0.25, 0.3) is 0 Å². The second kappa shape index (κ2) is 2.62. The lowest BCUT2D eigenvalue weighted by Crippen LogP contribution is -2.32. The Labute approximate surface area is 78.1 Å². The van der Waals surface area contributed by atoms with E-state index in [1.54, 1.807) is 0 Å². The first kappa shape index (κ1) is 9.30. The molecule has 1 aromatic rings. The van der Waals surface area contributed by atoms with Gasteiger partial charge in [0.1, 0.15) is 5.41 Å². The van der Waals surface area contributed by atoms with Crippen LogP contribution in [0.5, 0.6) is 0 Å². The molecule has 0 spiro atoms. The van der Waals surface area contributed by atoms with Crippen LogP contribution in [0, 0.1) is 5.41 Å². The Morgan fingerprint density at radius 3 is 2.43 bits per heavy atom. The van der Waals surface area contributed by atoms with Gasteiger partial charge in [0.2, 0.25) is 0 Å². The van der Waals surface area contributed by atoms with Gasteiger partial charge in [0, 0.05) is 6.20 Å². The van der Waals surface area contributed by atoms with Crippen LogP contribution in [0.2, 0.25) is 0 Å². The summed E-state index contributed by atoms with van der Waals surface area (Å²) in [5, 5.41) is 0. The molecule has 1 heterocycles. The van der Waals surface area contributed by atoms with Crippen molar-refractivity contribution in [3.05, 3.63) is 24.0 Å². The van der Waals surface area contributed by atoms with Crippen LogP contribution >= 0.6 is 0 Å². The highest BCUT2D eigenvalue weighted by molar-refractivity contribution is 6.01. The predicted octanol–water partition coefficient (Wildman–Crippen LogP) is 2.54. The lowest BCUT2D eigenvalue weighted by molar-refractivity contribution is -0.171. The van der Waals surface area contributed by atoms with Gasteiger partial charge in [-0.3, -0.25) is 4.79 Å². The van der Waals surface area contributed by atoms with Gasteiger partial charge in [0.05, 0.1) is 5.69 Å². The minimum Gasteiger partial charge on any atom is -0.359 e. The molecule has 0 radical (unpaired) electrons. The van der Waals surface area contributed by atoms with Crippen molar-refractivity contribution in [2.24, 2.45) is 5.41 Å². The zero-order valence-electron chi connectivity index (χ0n) is 7.19. The van der Waals surface area contributed by atoms with Crippen molar-refractivity contribution in [3.63, 3.8) is 0 Å². The molecule has 1 aliphatic rings. The third kappa shape index (κ3) is 1.15. The summed E-state index contributed by atoms with van der Waals surface area (Å²) in [5.41, 5.74) is -2.06. The van der Waals surface area contributed by atoms with Gasteiger partial charge < -0.3 is 4.98 Å². The van der Waals surface area contributed by atoms with Gasteiger partial charge in [-0.1, -0.05) is 0 Å². The summed E-state index contributed by atoms with van der Waals surface area (Å²) < 4.78 is 37.5. The van der Waals surface area contributed by atoms with E-state index in [-0.39, 0.29) is 18.5 Å². The van der Waals surface area contributed by atoms with Crippen LogP contribution in [-0.2, 0) is 0 Å². The van der Waals surface area contributed by atoms with E-state index in [0.29, 0.717) is 0 Å². The predicted molar refractivity (Wildman–Crippen MR) is 42.8 cm³/mol. The van der Waals surface area contributed by atoms with Gasteiger partial charge in [0.15, 0.2) is 5.78 Å². The molecule has 0 atom stereocenters. The highest BCUT2D eigenvalue weighted by Crippen LogP contribution is 2.59. The second-order valence-electron chi connectivity index (χ2n) is 3.49. The van der Waals surface area contributed by atoms with E-state index in [2.05, 4.69) is 4.98 Å². The quantitative estimate of drug-likeness (QED) is 0.736. The summed E-state index contributed by atoms with van der Waals surface area (Å²) in [7, 11) is 0. The van der Waals surface area contributed by atoms with Crippen LogP contribution in [0.3, 0.4) is 0 Å². The molecule has 1 saturated carbocycles. The number of Topliss-reactive ketones (excluding diaryl/α,β-unsaturated/α-hetero) is 1. The SMILES string of the molecule is O=C(c1ccc[nH]1)C1(C(F)(F)F)CC1. The number of carbonyl (C=O) groups is 1. The van der Waals surface area contributed by atoms with Crippen molar-refractivity contribution in [2.45, 2.75) is 19.0 Å². The smallest absolute Gasteiger partial charge is 0.359 e. The van der Waals surface area contributed by atoms with E-state index in [0.717, 1.165) is 0 Å². The van der Waals surface area contributed by atoms with Crippen molar-refractivity contribution in [3.8, 4) is 0 Å². The molecule has 0 amide bonds. The van der Waals surface area contributed by atoms with Gasteiger partial charge >= 0.3 is 6.18 Å². The normalized spacial score (nSPS) is 19.4. The standard InChI is InChI=1S/C9H8F3NO/c10-9(11,12)8(3-4-8)7(14)6-2-1-5-13-6/h1-2,5,13H,3-4H2. The molecule has 0 aromatic carbocycles. The summed E-state index contributed by atoms with van der Waals surface area (Å²) in [4.78, 5) is 14.0. The molecule has 1 fully saturated rings. The number of halogens is 3. The fourth-order valence-electron chi connectivity index (χ4n) is 1.49. The molecule has 1 N–H and O–H groups in total. The topological polar surface area (TPSA) is 32.9 Å². The van der Waals surface area contributed by atoms with Crippen molar-refractivity contribution in [1.82, 2.24) is 4.98 Å². The van der Waals surface area contributed by atoms with E-state index in [1.807, 2.05) is 0 Å². The molecular formula is C9H8F3NO. The first-order chi connectivity index (χ1) is 6.47. The molecule has 14 heavy (non-hydrogen) atoms. The Morgan fingerprint density at radius 1 is 1.43 bits per heavy atom. The molecule has 0 unspecified atom stereocenters. The largest absolute Gasteiger partial charge is 0.401 e. The van der Waals surface area contributed by atoms with Crippen LogP contribution in [0.1, 0.15) is 23.3 Å². The fraction of sp³-hybridized carbons (Fsp3) is 0.444. The van der Waals surface area contributed by atoms with E-state index in [9.17, 15) is 18.0 Å². The first-order valence-corrected chi connectivity index (χ1v) is 4.22. The Hall–Kier alpha value is -1.26. The molecule has 76 valence electrons. The molecule has 2 nitrogen and oxygen atoms in total. The molecule has 0 saturated heterocycles. The number of aromatic nitrogens is 1. The van der Waals surface area contributed by atoms with Crippen LogP contribution in [0.15, 0.2) is 18.3 Å². The fourth-order valence-corrected chi connectivity index (χ4v) is 1.49. The van der Waals surface area contributed by atoms with Crippen molar-refractivity contribution in [2.75, 3.05) is 0 Å². The Morgan fingerprint density at radius 2 is 2.07 bits per heavy atom. The van der Waals surface area contributed by atoms with E-state index in [1.165, 1.54) is 18.3 Å². The minimum absolute atomic E-state index is 0.0415. The van der Waals surface area contributed by atoms with E-state index in [4.69, 9.17) is 0 Å². The Kier molecular flexibility index (Phi) is 1.74. The van der Waals surface area contributed by atoms with Gasteiger partial charge in [0.25, 0.3) is 0 Å². The summed E-state index contributed by atoms with van der Waals surface area (Å²) in [6.45, 7) is 0. The summed E-state index contributed by atoms with van der Waals surface area (Å²) >= 11 is 0. The zero-order valence-corrected chi connectivity index (χ0v) is 7.19. The second-order valence-corrected chi connectivity index (χ2v) is 3.49. The number of aromatic amines is 1. The molecule has 1 aromatic heterocycles. The zero-order chi connectivity index (χ0) is 10.4. The van der Waals surface area contributed by atoms with Crippen molar-refractivity contribution < 1.29 is 18.0 Å². The maximum atomic E-state index is 12.5. The summed E-state index contributed by atoms with van der Waals surface area (Å²) in [6, 6.07) is 2.88. The lowest BCUT2D eigenvalue weighted by Gasteiger charge is -2.16. The van der Waals surface area contributed by atoms with Crippen molar-refractivity contribution in [1.29, 1.82) is 0 Å². The van der Waals surface area contributed by atoms with Crippen LogP contribution < -0.4 is 0 Å². The van der Waals surface area contributed by atoms with Gasteiger partial charge in [-0.05, 0) is 25.0 Å². The Bertz CT molecular complexity index is 349. The summed E-state index contributed by atoms with van der Waals surface area (Å²) in [6.07, 6.45) is -3.16. The lowest BCUT2D eigenvalue weighted by atomic mass is 9.98. The third-order valence-corrected chi connectivity index (χ3v) is 2.57. The minimum atomic E-state index is -4.42. The number of hydrogen-bond acceptors (Lipinski definition) is 1. The number of hydrogen-bond donors (Lipinski definition) is 1. The molecule has 0 aliphatic heterocycles. The molecule has 1 aliphatic carbocycles. The van der Waals surface area contributed by atoms with Crippen LogP contribution in [0.4, 0.5) is 13.2 Å². The van der Waals surface area contributed by atoms with Crippen LogP contribution in [-0.4, -0.2) is 16.9 Å². The highest BCUT2D eigenvalue weighted by atomic mass is 19.4. The molecular weight excluding hydrogens is 195 g/mol. The number of ketones is 1. The van der Waals surface area contributed by atoms with Gasteiger partial charge in [-0.25, -0.2) is 0 Å². The molecule has 0 bridgehead atoms. The van der Waals surface area contributed by atoms with E-state index < -0.39 is 17.4 Å². The average Bonchev–Trinajstić information content (AvgIpc) is 2.73. The van der Waals surface area contributed by atoms with Gasteiger partial charge in [-0.15, -0.1) is 0 Å². The third-order valence-electron chi connectivity index (χ3n) is 2.57. The van der Waals surface area contributed by atoms with E-state index >= 15 is 0 Å². The number of nitrogens with one attached hydrogen (secondary N) is 1. The van der Waals surface area contributed by atoms with Crippen molar-refractivity contribution >= 4 is 5.78 Å². The maximum absolute atomic E-state index is 12.5. The monoisotopic (exact) mass is 203 g/mol. The first-order valence-electron chi connectivity index (χ1n) is 4.22. The number of alkyl halides is 3. The van der Waals surface area contributed by atoms with Gasteiger partial charge in [-0.2, -0.15) is 13.2 Å². The Balaban J connectivity index is 2.29. The number of H-pyrrole nitrogens is 1.